The van der Waals surface area contributed by atoms with Gasteiger partial charge in [0.15, 0.2) is 0 Å². The molecule has 1 heterocycles. The van der Waals surface area contributed by atoms with E-state index < -0.39 is 0 Å². The maximum absolute atomic E-state index is 5.93. The second-order valence-electron chi connectivity index (χ2n) is 6.00. The highest BCUT2D eigenvalue weighted by Gasteiger charge is 2.29. The van der Waals surface area contributed by atoms with Crippen molar-refractivity contribution in [3.63, 3.8) is 0 Å². The lowest BCUT2D eigenvalue weighted by Crippen LogP contribution is -2.24. The Balaban J connectivity index is 1.91. The summed E-state index contributed by atoms with van der Waals surface area (Å²) >= 11 is 0. The van der Waals surface area contributed by atoms with Crippen LogP contribution in [0.15, 0.2) is 18.2 Å². The summed E-state index contributed by atoms with van der Waals surface area (Å²) < 4.78 is 5.93. The fourth-order valence-corrected chi connectivity index (χ4v) is 3.83. The van der Waals surface area contributed by atoms with E-state index in [9.17, 15) is 0 Å². The van der Waals surface area contributed by atoms with Gasteiger partial charge in [0.05, 0.1) is 6.61 Å². The second-order valence-corrected chi connectivity index (χ2v) is 6.00. The van der Waals surface area contributed by atoms with Gasteiger partial charge in [-0.2, -0.15) is 0 Å². The molecule has 0 aromatic heterocycles. The summed E-state index contributed by atoms with van der Waals surface area (Å²) in [4.78, 5) is 0. The SMILES string of the molecule is CNCC1CCCCCC1c1cccc2c1OCC2. The summed E-state index contributed by atoms with van der Waals surface area (Å²) in [5.74, 6) is 2.67. The minimum Gasteiger partial charge on any atom is -0.493 e. The van der Waals surface area contributed by atoms with E-state index in [0.29, 0.717) is 5.92 Å². The summed E-state index contributed by atoms with van der Waals surface area (Å²) in [6.45, 7) is 2.00. The van der Waals surface area contributed by atoms with E-state index >= 15 is 0 Å². The number of ether oxygens (including phenoxy) is 1. The van der Waals surface area contributed by atoms with Crippen molar-refractivity contribution in [3.8, 4) is 5.75 Å². The molecular formula is C17H25NO. The Bertz CT molecular complexity index is 429. The average molecular weight is 259 g/mol. The molecular weight excluding hydrogens is 234 g/mol. The van der Waals surface area contributed by atoms with E-state index in [1.807, 2.05) is 0 Å². The lowest BCUT2D eigenvalue weighted by molar-refractivity contribution is 0.335. The first kappa shape index (κ1) is 13.0. The van der Waals surface area contributed by atoms with Crippen LogP contribution >= 0.6 is 0 Å². The molecule has 1 aromatic carbocycles. The minimum atomic E-state index is 0.683. The maximum Gasteiger partial charge on any atom is 0.126 e. The molecule has 0 saturated heterocycles. The minimum absolute atomic E-state index is 0.683. The van der Waals surface area contributed by atoms with Gasteiger partial charge in [-0.25, -0.2) is 0 Å². The fourth-order valence-electron chi connectivity index (χ4n) is 3.83. The molecule has 1 saturated carbocycles. The van der Waals surface area contributed by atoms with Crippen molar-refractivity contribution >= 4 is 0 Å². The van der Waals surface area contributed by atoms with Crippen LogP contribution in [-0.2, 0) is 6.42 Å². The normalized spacial score (nSPS) is 26.6. The van der Waals surface area contributed by atoms with Crippen molar-refractivity contribution in [1.29, 1.82) is 0 Å². The van der Waals surface area contributed by atoms with E-state index in [1.165, 1.54) is 49.0 Å². The Morgan fingerprint density at radius 3 is 3.00 bits per heavy atom. The van der Waals surface area contributed by atoms with Crippen molar-refractivity contribution in [1.82, 2.24) is 5.32 Å². The van der Waals surface area contributed by atoms with Crippen LogP contribution in [0.5, 0.6) is 5.75 Å². The van der Waals surface area contributed by atoms with E-state index in [2.05, 4.69) is 30.6 Å². The van der Waals surface area contributed by atoms with E-state index in [1.54, 1.807) is 0 Å². The van der Waals surface area contributed by atoms with Crippen LogP contribution in [0.1, 0.15) is 49.1 Å². The summed E-state index contributed by atoms with van der Waals surface area (Å²) in [5.41, 5.74) is 2.90. The lowest BCUT2D eigenvalue weighted by Gasteiger charge is -2.26. The number of hydrogen-bond donors (Lipinski definition) is 1. The number of hydrogen-bond acceptors (Lipinski definition) is 2. The van der Waals surface area contributed by atoms with Gasteiger partial charge in [-0.3, -0.25) is 0 Å². The Hall–Kier alpha value is -1.02. The molecule has 2 nitrogen and oxygen atoms in total. The Morgan fingerprint density at radius 1 is 1.21 bits per heavy atom. The first-order chi connectivity index (χ1) is 9.40. The lowest BCUT2D eigenvalue weighted by atomic mass is 9.81. The topological polar surface area (TPSA) is 21.3 Å². The van der Waals surface area contributed by atoms with Crippen LogP contribution < -0.4 is 10.1 Å². The third-order valence-corrected chi connectivity index (χ3v) is 4.77. The Kier molecular flexibility index (Phi) is 4.07. The number of rotatable bonds is 3. The van der Waals surface area contributed by atoms with E-state index in [4.69, 9.17) is 4.74 Å². The zero-order chi connectivity index (χ0) is 13.1. The smallest absolute Gasteiger partial charge is 0.126 e. The molecule has 0 radical (unpaired) electrons. The van der Waals surface area contributed by atoms with Gasteiger partial charge in [-0.05, 0) is 49.4 Å². The zero-order valence-electron chi connectivity index (χ0n) is 12.0. The van der Waals surface area contributed by atoms with Gasteiger partial charge in [-0.15, -0.1) is 0 Å². The van der Waals surface area contributed by atoms with Crippen LogP contribution in [0.2, 0.25) is 0 Å². The van der Waals surface area contributed by atoms with E-state index in [-0.39, 0.29) is 0 Å². The molecule has 2 unspecified atom stereocenters. The van der Waals surface area contributed by atoms with Gasteiger partial charge in [0, 0.05) is 6.42 Å². The zero-order valence-corrected chi connectivity index (χ0v) is 12.0. The molecule has 0 amide bonds. The molecule has 2 atom stereocenters. The van der Waals surface area contributed by atoms with Crippen LogP contribution in [-0.4, -0.2) is 20.2 Å². The van der Waals surface area contributed by atoms with E-state index in [0.717, 1.165) is 25.5 Å². The van der Waals surface area contributed by atoms with Crippen LogP contribution in [0, 0.1) is 5.92 Å². The standard InChI is InChI=1S/C17H25NO/c1-18-12-14-6-3-2-4-8-15(14)16-9-5-7-13-10-11-19-17(13)16/h5,7,9,14-15,18H,2-4,6,8,10-12H2,1H3. The van der Waals surface area contributed by atoms with Crippen molar-refractivity contribution < 1.29 is 4.74 Å². The van der Waals surface area contributed by atoms with Gasteiger partial charge in [0.1, 0.15) is 5.75 Å². The summed E-state index contributed by atoms with van der Waals surface area (Å²) in [6.07, 6.45) is 7.92. The monoisotopic (exact) mass is 259 g/mol. The molecule has 2 heteroatoms. The molecule has 2 aliphatic rings. The third kappa shape index (κ3) is 2.64. The quantitative estimate of drug-likeness (QED) is 0.839. The predicted molar refractivity (Wildman–Crippen MR) is 78.9 cm³/mol. The van der Waals surface area contributed by atoms with Crippen molar-refractivity contribution in [2.45, 2.75) is 44.4 Å². The van der Waals surface area contributed by atoms with Crippen LogP contribution in [0.3, 0.4) is 0 Å². The van der Waals surface area contributed by atoms with Crippen molar-refractivity contribution in [2.75, 3.05) is 20.2 Å². The van der Waals surface area contributed by atoms with Crippen LogP contribution in [0.25, 0.3) is 0 Å². The summed E-state index contributed by atoms with van der Waals surface area (Å²) in [6, 6.07) is 6.77. The Morgan fingerprint density at radius 2 is 2.11 bits per heavy atom. The second kappa shape index (κ2) is 5.96. The molecule has 1 fully saturated rings. The van der Waals surface area contributed by atoms with Gasteiger partial charge >= 0.3 is 0 Å². The van der Waals surface area contributed by atoms with Crippen molar-refractivity contribution in [3.05, 3.63) is 29.3 Å². The molecule has 0 bridgehead atoms. The highest BCUT2D eigenvalue weighted by Crippen LogP contribution is 2.42. The Labute approximate surface area is 116 Å². The number of nitrogens with one attached hydrogen (secondary N) is 1. The first-order valence-corrected chi connectivity index (χ1v) is 7.79. The molecule has 1 aliphatic carbocycles. The van der Waals surface area contributed by atoms with Gasteiger partial charge in [0.2, 0.25) is 0 Å². The highest BCUT2D eigenvalue weighted by atomic mass is 16.5. The largest absolute Gasteiger partial charge is 0.493 e. The fraction of sp³-hybridized carbons (Fsp3) is 0.647. The van der Waals surface area contributed by atoms with Crippen molar-refractivity contribution in [2.24, 2.45) is 5.92 Å². The molecule has 1 aromatic rings. The van der Waals surface area contributed by atoms with Crippen LogP contribution in [0.4, 0.5) is 0 Å². The molecule has 19 heavy (non-hydrogen) atoms. The maximum atomic E-state index is 5.93. The molecule has 3 rings (SSSR count). The number of fused-ring (bicyclic) bond motifs is 1. The molecule has 1 aliphatic heterocycles. The van der Waals surface area contributed by atoms with Gasteiger partial charge in [0.25, 0.3) is 0 Å². The number of para-hydroxylation sites is 1. The highest BCUT2D eigenvalue weighted by molar-refractivity contribution is 5.46. The van der Waals surface area contributed by atoms with Gasteiger partial charge in [-0.1, -0.05) is 37.5 Å². The first-order valence-electron chi connectivity index (χ1n) is 7.79. The molecule has 0 spiro atoms. The molecule has 1 N–H and O–H groups in total. The predicted octanol–water partition coefficient (Wildman–Crippen LogP) is 3.50. The summed E-state index contributed by atoms with van der Waals surface area (Å²) in [7, 11) is 2.08. The third-order valence-electron chi connectivity index (χ3n) is 4.77. The average Bonchev–Trinajstić information content (AvgIpc) is 2.79. The molecule has 104 valence electrons. The number of benzene rings is 1. The summed E-state index contributed by atoms with van der Waals surface area (Å²) in [5, 5.41) is 3.39. The van der Waals surface area contributed by atoms with Gasteiger partial charge < -0.3 is 10.1 Å².